The fourth-order valence-electron chi connectivity index (χ4n) is 0.732. The van der Waals surface area contributed by atoms with E-state index in [9.17, 15) is 14.4 Å². The van der Waals surface area contributed by atoms with E-state index in [2.05, 4.69) is 21.7 Å². The van der Waals surface area contributed by atoms with E-state index in [4.69, 9.17) is 0 Å². The molecule has 0 bridgehead atoms. The smallest absolute Gasteiger partial charge is 0.352 e. The van der Waals surface area contributed by atoms with Gasteiger partial charge in [0.1, 0.15) is 0 Å². The number of hydrogen-bond acceptors (Lipinski definition) is 5. The van der Waals surface area contributed by atoms with E-state index in [-0.39, 0.29) is 12.3 Å². The molecule has 0 aromatic heterocycles. The van der Waals surface area contributed by atoms with E-state index < -0.39 is 11.9 Å². The third kappa shape index (κ3) is 7.54. The summed E-state index contributed by atoms with van der Waals surface area (Å²) in [7, 11) is 0. The fraction of sp³-hybridized carbons (Fsp3) is 0.500. The van der Waals surface area contributed by atoms with Gasteiger partial charge in [-0.3, -0.25) is 4.79 Å². The molecule has 0 radical (unpaired) electrons. The molecule has 0 atom stereocenters. The molecule has 0 spiro atoms. The Morgan fingerprint density at radius 2 is 1.81 bits per heavy atom. The van der Waals surface area contributed by atoms with Crippen LogP contribution in [0.3, 0.4) is 0 Å². The third-order valence-corrected chi connectivity index (χ3v) is 1.48. The van der Waals surface area contributed by atoms with Gasteiger partial charge >= 0.3 is 11.9 Å². The average molecular weight is 229 g/mol. The molecule has 1 amide bonds. The molecule has 6 nitrogen and oxygen atoms in total. The van der Waals surface area contributed by atoms with Crippen molar-refractivity contribution in [1.29, 1.82) is 0 Å². The lowest BCUT2D eigenvalue weighted by molar-refractivity contribution is -0.257. The standard InChI is InChI=1S/C10H15NO5/c1-7(2)10(14)11-6-4-5-9(13)16-15-8(3)12/h1,4-6H2,2-3H3,(H,11,14). The van der Waals surface area contributed by atoms with Gasteiger partial charge in [-0.05, 0) is 13.3 Å². The maximum absolute atomic E-state index is 11.0. The van der Waals surface area contributed by atoms with Crippen LogP contribution in [0.25, 0.3) is 0 Å². The van der Waals surface area contributed by atoms with Gasteiger partial charge in [0, 0.05) is 19.0 Å². The summed E-state index contributed by atoms with van der Waals surface area (Å²) in [6, 6.07) is 0. The maximum Gasteiger partial charge on any atom is 0.355 e. The molecule has 16 heavy (non-hydrogen) atoms. The topological polar surface area (TPSA) is 81.7 Å². The zero-order valence-corrected chi connectivity index (χ0v) is 9.37. The van der Waals surface area contributed by atoms with Gasteiger partial charge in [0.15, 0.2) is 0 Å². The Morgan fingerprint density at radius 3 is 2.31 bits per heavy atom. The van der Waals surface area contributed by atoms with Crippen LogP contribution in [0.15, 0.2) is 12.2 Å². The van der Waals surface area contributed by atoms with Crippen LogP contribution in [0.4, 0.5) is 0 Å². The predicted molar refractivity (Wildman–Crippen MR) is 54.9 cm³/mol. The SMILES string of the molecule is C=C(C)C(=O)NCCCC(=O)OOC(C)=O. The molecule has 0 aromatic carbocycles. The second-order valence-corrected chi connectivity index (χ2v) is 3.17. The highest BCUT2D eigenvalue weighted by atomic mass is 17.2. The molecule has 0 rings (SSSR count). The molecule has 0 saturated carbocycles. The number of amides is 1. The van der Waals surface area contributed by atoms with Crippen LogP contribution in [0.2, 0.25) is 0 Å². The molecule has 0 aromatic rings. The van der Waals surface area contributed by atoms with E-state index in [0.717, 1.165) is 6.92 Å². The van der Waals surface area contributed by atoms with E-state index in [0.29, 0.717) is 18.5 Å². The van der Waals surface area contributed by atoms with Crippen molar-refractivity contribution >= 4 is 17.8 Å². The Balaban J connectivity index is 3.52. The maximum atomic E-state index is 11.0. The highest BCUT2D eigenvalue weighted by molar-refractivity contribution is 5.92. The van der Waals surface area contributed by atoms with Gasteiger partial charge in [-0.25, -0.2) is 19.4 Å². The second kappa shape index (κ2) is 7.44. The monoisotopic (exact) mass is 229 g/mol. The first-order chi connectivity index (χ1) is 7.43. The third-order valence-electron chi connectivity index (χ3n) is 1.48. The zero-order valence-electron chi connectivity index (χ0n) is 9.37. The summed E-state index contributed by atoms with van der Waals surface area (Å²) < 4.78 is 0. The molecule has 1 N–H and O–H groups in total. The van der Waals surface area contributed by atoms with Gasteiger partial charge in [-0.15, -0.1) is 0 Å². The highest BCUT2D eigenvalue weighted by Gasteiger charge is 2.06. The van der Waals surface area contributed by atoms with Gasteiger partial charge in [0.25, 0.3) is 0 Å². The Labute approximate surface area is 93.5 Å². The van der Waals surface area contributed by atoms with Crippen molar-refractivity contribution in [3.63, 3.8) is 0 Å². The minimum absolute atomic E-state index is 0.0593. The molecule has 0 aliphatic rings. The Bertz CT molecular complexity index is 298. The first-order valence-electron chi connectivity index (χ1n) is 4.75. The first-order valence-corrected chi connectivity index (χ1v) is 4.75. The van der Waals surface area contributed by atoms with Crippen molar-refractivity contribution in [1.82, 2.24) is 5.32 Å². The summed E-state index contributed by atoms with van der Waals surface area (Å²) in [5.74, 6) is -1.60. The summed E-state index contributed by atoms with van der Waals surface area (Å²) in [5.41, 5.74) is 0.405. The van der Waals surface area contributed by atoms with Crippen molar-refractivity contribution in [3.8, 4) is 0 Å². The number of carbonyl (C=O) groups excluding carboxylic acids is 3. The molecule has 0 heterocycles. The molecule has 90 valence electrons. The molecule has 0 aliphatic carbocycles. The van der Waals surface area contributed by atoms with Crippen LogP contribution in [0.5, 0.6) is 0 Å². The van der Waals surface area contributed by atoms with Crippen LogP contribution >= 0.6 is 0 Å². The molecule has 0 aliphatic heterocycles. The van der Waals surface area contributed by atoms with Crippen LogP contribution in [0, 0.1) is 0 Å². The number of hydrogen-bond donors (Lipinski definition) is 1. The number of nitrogens with one attached hydrogen (secondary N) is 1. The quantitative estimate of drug-likeness (QED) is 0.321. The Morgan fingerprint density at radius 1 is 1.19 bits per heavy atom. The summed E-state index contributed by atoms with van der Waals surface area (Å²) >= 11 is 0. The lowest BCUT2D eigenvalue weighted by Crippen LogP contribution is -2.25. The van der Waals surface area contributed by atoms with Crippen LogP contribution < -0.4 is 5.32 Å². The highest BCUT2D eigenvalue weighted by Crippen LogP contribution is 1.94. The van der Waals surface area contributed by atoms with Crippen LogP contribution in [-0.4, -0.2) is 24.4 Å². The van der Waals surface area contributed by atoms with Crippen LogP contribution in [-0.2, 0) is 24.2 Å². The van der Waals surface area contributed by atoms with Crippen molar-refractivity contribution in [2.75, 3.05) is 6.54 Å². The summed E-state index contributed by atoms with van der Waals surface area (Å²) in [4.78, 5) is 40.3. The Hall–Kier alpha value is -1.85. The van der Waals surface area contributed by atoms with Crippen molar-refractivity contribution < 1.29 is 24.2 Å². The van der Waals surface area contributed by atoms with E-state index in [1.165, 1.54) is 0 Å². The number of carbonyl (C=O) groups is 3. The van der Waals surface area contributed by atoms with Gasteiger partial charge in [-0.1, -0.05) is 6.58 Å². The summed E-state index contributed by atoms with van der Waals surface area (Å²) in [5, 5.41) is 2.55. The van der Waals surface area contributed by atoms with Gasteiger partial charge < -0.3 is 5.32 Å². The minimum atomic E-state index is -0.691. The lowest BCUT2D eigenvalue weighted by atomic mass is 10.3. The molecule has 0 fully saturated rings. The average Bonchev–Trinajstić information content (AvgIpc) is 2.20. The number of rotatable bonds is 5. The summed E-state index contributed by atoms with van der Waals surface area (Å²) in [6.07, 6.45) is 0.461. The lowest BCUT2D eigenvalue weighted by Gasteiger charge is -2.03. The molecule has 0 unspecified atom stereocenters. The fourth-order valence-corrected chi connectivity index (χ4v) is 0.732. The zero-order chi connectivity index (χ0) is 12.6. The van der Waals surface area contributed by atoms with Crippen molar-refractivity contribution in [2.45, 2.75) is 26.7 Å². The Kier molecular flexibility index (Phi) is 6.58. The van der Waals surface area contributed by atoms with Crippen LogP contribution in [0.1, 0.15) is 26.7 Å². The minimum Gasteiger partial charge on any atom is -0.352 e. The largest absolute Gasteiger partial charge is 0.355 e. The van der Waals surface area contributed by atoms with Gasteiger partial charge in [-0.2, -0.15) is 0 Å². The summed E-state index contributed by atoms with van der Waals surface area (Å²) in [6.45, 7) is 6.50. The normalized spacial score (nSPS) is 9.12. The predicted octanol–water partition coefficient (Wildman–Crippen LogP) is 0.480. The molecule has 6 heteroatoms. The first kappa shape index (κ1) is 14.2. The van der Waals surface area contributed by atoms with Crippen molar-refractivity contribution in [3.05, 3.63) is 12.2 Å². The van der Waals surface area contributed by atoms with E-state index in [1.54, 1.807) is 6.92 Å². The van der Waals surface area contributed by atoms with Crippen molar-refractivity contribution in [2.24, 2.45) is 0 Å². The molecular weight excluding hydrogens is 214 g/mol. The van der Waals surface area contributed by atoms with E-state index in [1.807, 2.05) is 0 Å². The van der Waals surface area contributed by atoms with Gasteiger partial charge in [0.05, 0.1) is 6.42 Å². The molecule has 0 saturated heterocycles. The van der Waals surface area contributed by atoms with Gasteiger partial charge in [0.2, 0.25) is 5.91 Å². The molecular formula is C10H15NO5. The van der Waals surface area contributed by atoms with E-state index >= 15 is 0 Å². The second-order valence-electron chi connectivity index (χ2n) is 3.17.